The van der Waals surface area contributed by atoms with Gasteiger partial charge in [-0.3, -0.25) is 4.79 Å². The molecule has 0 heterocycles. The normalized spacial score (nSPS) is 21.7. The van der Waals surface area contributed by atoms with E-state index in [0.29, 0.717) is 12.0 Å². The van der Waals surface area contributed by atoms with Gasteiger partial charge < -0.3 is 4.74 Å². The number of allylic oxidation sites excluding steroid dienone is 4. The Morgan fingerprint density at radius 2 is 1.85 bits per heavy atom. The number of carbonyl (C=O) groups is 1. The molecule has 1 aliphatic carbocycles. The molecule has 0 aromatic carbocycles. The third kappa shape index (κ3) is 3.62. The average molecular weight is 276 g/mol. The molecule has 1 saturated carbocycles. The average Bonchev–Trinajstić information content (AvgIpc) is 2.39. The van der Waals surface area contributed by atoms with E-state index in [4.69, 9.17) is 4.74 Å². The maximum absolute atomic E-state index is 12.6. The Labute approximate surface area is 123 Å². The minimum absolute atomic E-state index is 0.0818. The largest absolute Gasteiger partial charge is 0.465 e. The van der Waals surface area contributed by atoms with Gasteiger partial charge in [-0.1, -0.05) is 44.7 Å². The lowest BCUT2D eigenvalue weighted by Crippen LogP contribution is -2.40. The molecule has 0 radical (unpaired) electrons. The minimum atomic E-state index is -0.494. The topological polar surface area (TPSA) is 26.3 Å². The predicted octanol–water partition coefficient (Wildman–Crippen LogP) is 4.82. The van der Waals surface area contributed by atoms with Crippen LogP contribution in [0.5, 0.6) is 0 Å². The van der Waals surface area contributed by atoms with Crippen molar-refractivity contribution < 1.29 is 9.53 Å². The van der Waals surface area contributed by atoms with Crippen molar-refractivity contribution >= 4 is 5.97 Å². The van der Waals surface area contributed by atoms with Gasteiger partial charge in [0, 0.05) is 0 Å². The maximum Gasteiger partial charge on any atom is 0.316 e. The Hall–Kier alpha value is -1.31. The van der Waals surface area contributed by atoms with Crippen molar-refractivity contribution in [2.75, 3.05) is 6.61 Å². The summed E-state index contributed by atoms with van der Waals surface area (Å²) in [6, 6.07) is 0. The fourth-order valence-electron chi connectivity index (χ4n) is 2.91. The molecule has 2 nitrogen and oxygen atoms in total. The second-order valence-electron chi connectivity index (χ2n) is 6.32. The van der Waals surface area contributed by atoms with E-state index in [1.165, 1.54) is 0 Å². The Morgan fingerprint density at radius 1 is 1.25 bits per heavy atom. The van der Waals surface area contributed by atoms with Gasteiger partial charge in [0.15, 0.2) is 0 Å². The maximum atomic E-state index is 12.6. The summed E-state index contributed by atoms with van der Waals surface area (Å²) in [5.74, 6) is -0.0818. The van der Waals surface area contributed by atoms with Gasteiger partial charge in [-0.15, -0.1) is 0 Å². The summed E-state index contributed by atoms with van der Waals surface area (Å²) >= 11 is 0. The predicted molar refractivity (Wildman–Crippen MR) is 84.4 cm³/mol. The molecule has 0 amide bonds. The summed E-state index contributed by atoms with van der Waals surface area (Å²) in [7, 11) is 0. The highest BCUT2D eigenvalue weighted by Gasteiger charge is 2.46. The molecule has 2 heteroatoms. The molecule has 1 rings (SSSR count). The van der Waals surface area contributed by atoms with Crippen molar-refractivity contribution in [3.63, 3.8) is 0 Å². The molecule has 20 heavy (non-hydrogen) atoms. The SMILES string of the molecule is C=C/C=C(\C=C/C)C1(C(=O)OCC)CCC(C)(C)CC1. The van der Waals surface area contributed by atoms with Crippen molar-refractivity contribution in [1.82, 2.24) is 0 Å². The molecule has 0 unspecified atom stereocenters. The van der Waals surface area contributed by atoms with Crippen LogP contribution in [0.1, 0.15) is 53.4 Å². The van der Waals surface area contributed by atoms with Crippen LogP contribution in [0.3, 0.4) is 0 Å². The Kier molecular flexibility index (Phi) is 5.79. The lowest BCUT2D eigenvalue weighted by Gasteiger charge is -2.42. The first-order chi connectivity index (χ1) is 9.41. The molecule has 0 bridgehead atoms. The first kappa shape index (κ1) is 16.7. The molecular formula is C18H28O2. The van der Waals surface area contributed by atoms with E-state index in [9.17, 15) is 4.79 Å². The molecule has 0 spiro atoms. The highest BCUT2D eigenvalue weighted by Crippen LogP contribution is 2.50. The van der Waals surface area contributed by atoms with Crippen LogP contribution in [0.4, 0.5) is 0 Å². The number of esters is 1. The Balaban J connectivity index is 3.17. The zero-order chi connectivity index (χ0) is 15.2. The molecule has 0 N–H and O–H groups in total. The van der Waals surface area contributed by atoms with Crippen LogP contribution in [0.15, 0.2) is 36.5 Å². The number of rotatable bonds is 5. The number of carbonyl (C=O) groups excluding carboxylic acids is 1. The molecule has 0 aromatic rings. The van der Waals surface area contributed by atoms with Gasteiger partial charge in [0.25, 0.3) is 0 Å². The molecule has 0 aromatic heterocycles. The summed E-state index contributed by atoms with van der Waals surface area (Å²) in [6.45, 7) is 12.6. The van der Waals surface area contributed by atoms with Crippen LogP contribution in [0.25, 0.3) is 0 Å². The van der Waals surface area contributed by atoms with Crippen molar-refractivity contribution in [3.8, 4) is 0 Å². The molecule has 0 aliphatic heterocycles. The minimum Gasteiger partial charge on any atom is -0.465 e. The second-order valence-corrected chi connectivity index (χ2v) is 6.32. The number of ether oxygens (including phenoxy) is 1. The van der Waals surface area contributed by atoms with Gasteiger partial charge in [0.05, 0.1) is 12.0 Å². The molecule has 1 fully saturated rings. The van der Waals surface area contributed by atoms with E-state index in [-0.39, 0.29) is 5.97 Å². The first-order valence-corrected chi connectivity index (χ1v) is 7.55. The van der Waals surface area contributed by atoms with E-state index in [0.717, 1.165) is 31.3 Å². The highest BCUT2D eigenvalue weighted by molar-refractivity contribution is 5.82. The van der Waals surface area contributed by atoms with E-state index >= 15 is 0 Å². The van der Waals surface area contributed by atoms with Gasteiger partial charge in [-0.2, -0.15) is 0 Å². The second kappa shape index (κ2) is 6.92. The third-order valence-electron chi connectivity index (χ3n) is 4.32. The van der Waals surface area contributed by atoms with Gasteiger partial charge in [0.1, 0.15) is 0 Å². The highest BCUT2D eigenvalue weighted by atomic mass is 16.5. The fraction of sp³-hybridized carbons (Fsp3) is 0.611. The zero-order valence-corrected chi connectivity index (χ0v) is 13.4. The monoisotopic (exact) mass is 276 g/mol. The summed E-state index contributed by atoms with van der Waals surface area (Å²) in [5, 5.41) is 0. The smallest absolute Gasteiger partial charge is 0.316 e. The summed E-state index contributed by atoms with van der Waals surface area (Å²) in [5.41, 5.74) is 0.848. The number of hydrogen-bond acceptors (Lipinski definition) is 2. The molecule has 0 saturated heterocycles. The van der Waals surface area contributed by atoms with Gasteiger partial charge >= 0.3 is 5.97 Å². The van der Waals surface area contributed by atoms with E-state index in [1.54, 1.807) is 6.08 Å². The van der Waals surface area contributed by atoms with Crippen LogP contribution in [-0.2, 0) is 9.53 Å². The Morgan fingerprint density at radius 3 is 2.30 bits per heavy atom. The lowest BCUT2D eigenvalue weighted by molar-refractivity contribution is -0.155. The van der Waals surface area contributed by atoms with E-state index < -0.39 is 5.41 Å². The lowest BCUT2D eigenvalue weighted by atomic mass is 9.62. The van der Waals surface area contributed by atoms with Gasteiger partial charge in [-0.25, -0.2) is 0 Å². The quantitative estimate of drug-likeness (QED) is 0.531. The molecule has 1 aliphatic rings. The first-order valence-electron chi connectivity index (χ1n) is 7.55. The van der Waals surface area contributed by atoms with Crippen LogP contribution in [-0.4, -0.2) is 12.6 Å². The fourth-order valence-corrected chi connectivity index (χ4v) is 2.91. The summed E-state index contributed by atoms with van der Waals surface area (Å²) in [6.07, 6.45) is 11.5. The van der Waals surface area contributed by atoms with Crippen molar-refractivity contribution in [1.29, 1.82) is 0 Å². The summed E-state index contributed by atoms with van der Waals surface area (Å²) < 4.78 is 5.38. The number of hydrogen-bond donors (Lipinski definition) is 0. The summed E-state index contributed by atoms with van der Waals surface area (Å²) in [4.78, 5) is 12.6. The van der Waals surface area contributed by atoms with Crippen LogP contribution in [0, 0.1) is 10.8 Å². The zero-order valence-electron chi connectivity index (χ0n) is 13.4. The van der Waals surface area contributed by atoms with Crippen LogP contribution < -0.4 is 0 Å². The van der Waals surface area contributed by atoms with E-state index in [2.05, 4.69) is 20.4 Å². The Bertz CT molecular complexity index is 403. The van der Waals surface area contributed by atoms with E-state index in [1.807, 2.05) is 32.1 Å². The van der Waals surface area contributed by atoms with Crippen LogP contribution in [0.2, 0.25) is 0 Å². The van der Waals surface area contributed by atoms with Gasteiger partial charge in [-0.05, 0) is 50.5 Å². The van der Waals surface area contributed by atoms with Crippen molar-refractivity contribution in [3.05, 3.63) is 36.5 Å². The molecular weight excluding hydrogens is 248 g/mol. The third-order valence-corrected chi connectivity index (χ3v) is 4.32. The molecule has 112 valence electrons. The molecule has 0 atom stereocenters. The van der Waals surface area contributed by atoms with Crippen molar-refractivity contribution in [2.24, 2.45) is 10.8 Å². The van der Waals surface area contributed by atoms with Crippen molar-refractivity contribution in [2.45, 2.75) is 53.4 Å². The van der Waals surface area contributed by atoms with Gasteiger partial charge in [0.2, 0.25) is 0 Å². The van der Waals surface area contributed by atoms with Crippen LogP contribution >= 0.6 is 0 Å². The standard InChI is InChI=1S/C18H28O2/c1-6-9-15(10-7-2)18(16(19)20-8-3)13-11-17(4,5)12-14-18/h6-7,9-10H,1,8,11-14H2,2-5H3/b10-7-,15-9+.